The van der Waals surface area contributed by atoms with Crippen LogP contribution in [0, 0.1) is 18.7 Å². The maximum Gasteiger partial charge on any atom is 0.272 e. The molecule has 0 bridgehead atoms. The molecule has 0 N–H and O–H groups in total. The van der Waals surface area contributed by atoms with Gasteiger partial charge in [0.15, 0.2) is 0 Å². The van der Waals surface area contributed by atoms with Crippen LogP contribution in [0.25, 0.3) is 0 Å². The summed E-state index contributed by atoms with van der Waals surface area (Å²) in [6.45, 7) is 8.75. The number of halogens is 1. The smallest absolute Gasteiger partial charge is 0.272 e. The largest absolute Gasteiger partial charge is 0.368 e. The number of amides is 1. The van der Waals surface area contributed by atoms with E-state index in [4.69, 9.17) is 0 Å². The van der Waals surface area contributed by atoms with Gasteiger partial charge in [0, 0.05) is 50.6 Å². The van der Waals surface area contributed by atoms with Gasteiger partial charge in [0.2, 0.25) is 5.95 Å². The lowest BCUT2D eigenvalue weighted by molar-refractivity contribution is 0.0740. The number of anilines is 2. The maximum absolute atomic E-state index is 13.1. The number of nitrogens with zero attached hydrogens (tertiary/aromatic N) is 5. The van der Waals surface area contributed by atoms with E-state index < -0.39 is 0 Å². The SMILES string of the molecule is Cc1cc(C(=O)N2CCN(c3ccc(F)cc3)CC2)nc(N2CCC(C)CC2)n1. The molecule has 1 aromatic carbocycles. The Kier molecular flexibility index (Phi) is 5.65. The number of benzene rings is 1. The Hall–Kier alpha value is -2.70. The molecule has 6 nitrogen and oxygen atoms in total. The molecule has 2 fully saturated rings. The molecule has 1 aromatic heterocycles. The fraction of sp³-hybridized carbons (Fsp3) is 0.500. The Labute approximate surface area is 171 Å². The molecule has 3 heterocycles. The first kappa shape index (κ1) is 19.6. The van der Waals surface area contributed by atoms with Crippen molar-refractivity contribution in [1.82, 2.24) is 14.9 Å². The van der Waals surface area contributed by atoms with Crippen LogP contribution in [-0.4, -0.2) is 60.0 Å². The molecule has 0 saturated carbocycles. The van der Waals surface area contributed by atoms with Crippen LogP contribution in [0.5, 0.6) is 0 Å². The molecule has 0 aliphatic carbocycles. The summed E-state index contributed by atoms with van der Waals surface area (Å²) in [4.78, 5) is 28.5. The Morgan fingerprint density at radius 3 is 2.28 bits per heavy atom. The number of carbonyl (C=O) groups is 1. The third-order valence-electron chi connectivity index (χ3n) is 5.89. The molecule has 7 heteroatoms. The second-order valence-corrected chi connectivity index (χ2v) is 8.12. The zero-order valence-corrected chi connectivity index (χ0v) is 17.1. The number of hydrogen-bond donors (Lipinski definition) is 0. The second kappa shape index (κ2) is 8.35. The second-order valence-electron chi connectivity index (χ2n) is 8.12. The molecule has 2 aliphatic heterocycles. The monoisotopic (exact) mass is 397 g/mol. The van der Waals surface area contributed by atoms with Crippen LogP contribution in [0.4, 0.5) is 16.0 Å². The molecular weight excluding hydrogens is 369 g/mol. The topological polar surface area (TPSA) is 52.6 Å². The van der Waals surface area contributed by atoms with Gasteiger partial charge in [0.1, 0.15) is 11.5 Å². The third-order valence-corrected chi connectivity index (χ3v) is 5.89. The lowest BCUT2D eigenvalue weighted by Gasteiger charge is -2.36. The molecule has 4 rings (SSSR count). The zero-order valence-electron chi connectivity index (χ0n) is 17.1. The molecule has 0 unspecified atom stereocenters. The summed E-state index contributed by atoms with van der Waals surface area (Å²) >= 11 is 0. The molecule has 1 amide bonds. The van der Waals surface area contributed by atoms with Crippen molar-refractivity contribution in [3.8, 4) is 0 Å². The minimum Gasteiger partial charge on any atom is -0.368 e. The Morgan fingerprint density at radius 1 is 0.966 bits per heavy atom. The molecule has 0 atom stereocenters. The molecule has 2 saturated heterocycles. The van der Waals surface area contributed by atoms with Crippen molar-refractivity contribution in [2.45, 2.75) is 26.7 Å². The number of hydrogen-bond acceptors (Lipinski definition) is 5. The van der Waals surface area contributed by atoms with E-state index in [0.717, 1.165) is 56.3 Å². The van der Waals surface area contributed by atoms with E-state index in [1.165, 1.54) is 12.1 Å². The molecule has 0 radical (unpaired) electrons. The van der Waals surface area contributed by atoms with Gasteiger partial charge in [-0.2, -0.15) is 0 Å². The van der Waals surface area contributed by atoms with Crippen molar-refractivity contribution >= 4 is 17.5 Å². The maximum atomic E-state index is 13.1. The number of piperidine rings is 1. The lowest BCUT2D eigenvalue weighted by Crippen LogP contribution is -2.49. The first-order valence-corrected chi connectivity index (χ1v) is 10.4. The summed E-state index contributed by atoms with van der Waals surface area (Å²) in [5.74, 6) is 1.13. The first-order valence-electron chi connectivity index (χ1n) is 10.4. The van der Waals surface area contributed by atoms with E-state index >= 15 is 0 Å². The molecule has 2 aliphatic rings. The van der Waals surface area contributed by atoms with Crippen molar-refractivity contribution in [3.63, 3.8) is 0 Å². The molecular formula is C22H28FN5O. The highest BCUT2D eigenvalue weighted by molar-refractivity contribution is 5.93. The van der Waals surface area contributed by atoms with Gasteiger partial charge in [0.05, 0.1) is 0 Å². The van der Waals surface area contributed by atoms with Gasteiger partial charge >= 0.3 is 0 Å². The number of carbonyl (C=O) groups excluding carboxylic acids is 1. The predicted molar refractivity (Wildman–Crippen MR) is 112 cm³/mol. The Bertz CT molecular complexity index is 856. The number of aromatic nitrogens is 2. The summed E-state index contributed by atoms with van der Waals surface area (Å²) in [6, 6.07) is 8.29. The van der Waals surface area contributed by atoms with Crippen LogP contribution in [-0.2, 0) is 0 Å². The fourth-order valence-corrected chi connectivity index (χ4v) is 3.99. The van der Waals surface area contributed by atoms with E-state index in [9.17, 15) is 9.18 Å². The highest BCUT2D eigenvalue weighted by Gasteiger charge is 2.25. The van der Waals surface area contributed by atoms with Crippen LogP contribution in [0.3, 0.4) is 0 Å². The molecule has 0 spiro atoms. The number of rotatable bonds is 3. The average Bonchev–Trinajstić information content (AvgIpc) is 2.74. The molecule has 154 valence electrons. The van der Waals surface area contributed by atoms with Crippen LogP contribution < -0.4 is 9.80 Å². The Balaban J connectivity index is 1.42. The van der Waals surface area contributed by atoms with Gasteiger partial charge in [-0.3, -0.25) is 4.79 Å². The summed E-state index contributed by atoms with van der Waals surface area (Å²) in [6.07, 6.45) is 2.26. The normalized spacial score (nSPS) is 18.2. The minimum atomic E-state index is -0.235. The van der Waals surface area contributed by atoms with Crippen molar-refractivity contribution < 1.29 is 9.18 Å². The third kappa shape index (κ3) is 4.49. The Morgan fingerprint density at radius 2 is 1.62 bits per heavy atom. The van der Waals surface area contributed by atoms with E-state index in [-0.39, 0.29) is 11.7 Å². The zero-order chi connectivity index (χ0) is 20.4. The van der Waals surface area contributed by atoms with E-state index in [2.05, 4.69) is 26.7 Å². The molecule has 2 aromatic rings. The summed E-state index contributed by atoms with van der Waals surface area (Å²) in [5.41, 5.74) is 2.28. The minimum absolute atomic E-state index is 0.0408. The summed E-state index contributed by atoms with van der Waals surface area (Å²) in [5, 5.41) is 0. The van der Waals surface area contributed by atoms with Crippen molar-refractivity contribution in [3.05, 3.63) is 47.5 Å². The number of aryl methyl sites for hydroxylation is 1. The van der Waals surface area contributed by atoms with E-state index in [1.54, 1.807) is 18.2 Å². The van der Waals surface area contributed by atoms with Crippen molar-refractivity contribution in [2.75, 3.05) is 49.1 Å². The average molecular weight is 397 g/mol. The van der Waals surface area contributed by atoms with Crippen LogP contribution in [0.1, 0.15) is 35.9 Å². The molecule has 29 heavy (non-hydrogen) atoms. The predicted octanol–water partition coefficient (Wildman–Crippen LogP) is 3.12. The summed E-state index contributed by atoms with van der Waals surface area (Å²) in [7, 11) is 0. The number of piperazine rings is 1. The van der Waals surface area contributed by atoms with Gasteiger partial charge in [-0.1, -0.05) is 6.92 Å². The highest BCUT2D eigenvalue weighted by atomic mass is 19.1. The first-order chi connectivity index (χ1) is 14.0. The standard InChI is InChI=1S/C22H28FN5O/c1-16-7-9-28(10-8-16)22-24-17(2)15-20(25-22)21(29)27-13-11-26(12-14-27)19-5-3-18(23)4-6-19/h3-6,15-16H,7-14H2,1-2H3. The lowest BCUT2D eigenvalue weighted by atomic mass is 10.00. The van der Waals surface area contributed by atoms with Crippen LogP contribution in [0.15, 0.2) is 30.3 Å². The van der Waals surface area contributed by atoms with E-state index in [0.29, 0.717) is 24.7 Å². The van der Waals surface area contributed by atoms with Crippen molar-refractivity contribution in [2.24, 2.45) is 5.92 Å². The summed E-state index contributed by atoms with van der Waals surface area (Å²) < 4.78 is 13.1. The fourth-order valence-electron chi connectivity index (χ4n) is 3.99. The highest BCUT2D eigenvalue weighted by Crippen LogP contribution is 2.22. The van der Waals surface area contributed by atoms with Crippen LogP contribution >= 0.6 is 0 Å². The van der Waals surface area contributed by atoms with Gasteiger partial charge in [-0.05, 0) is 56.0 Å². The van der Waals surface area contributed by atoms with E-state index in [1.807, 2.05) is 11.8 Å². The van der Waals surface area contributed by atoms with Crippen molar-refractivity contribution in [1.29, 1.82) is 0 Å². The van der Waals surface area contributed by atoms with Gasteiger partial charge in [0.25, 0.3) is 5.91 Å². The quantitative estimate of drug-likeness (QED) is 0.797. The van der Waals surface area contributed by atoms with Gasteiger partial charge < -0.3 is 14.7 Å². The van der Waals surface area contributed by atoms with Crippen LogP contribution in [0.2, 0.25) is 0 Å². The van der Waals surface area contributed by atoms with Gasteiger partial charge in [-0.25, -0.2) is 14.4 Å². The van der Waals surface area contributed by atoms with Gasteiger partial charge in [-0.15, -0.1) is 0 Å².